The van der Waals surface area contributed by atoms with Gasteiger partial charge in [-0.15, -0.1) is 0 Å². The number of hydrogen-bond donors (Lipinski definition) is 0. The lowest BCUT2D eigenvalue weighted by Gasteiger charge is -2.15. The predicted molar refractivity (Wildman–Crippen MR) is 98.4 cm³/mol. The van der Waals surface area contributed by atoms with Crippen LogP contribution in [-0.2, 0) is 0 Å². The van der Waals surface area contributed by atoms with Crippen LogP contribution in [0.3, 0.4) is 0 Å². The lowest BCUT2D eigenvalue weighted by atomic mass is 10.1. The molecule has 4 rings (SSSR count). The number of fused-ring (bicyclic) bond motifs is 1. The van der Waals surface area contributed by atoms with E-state index in [-0.39, 0.29) is 11.6 Å². The van der Waals surface area contributed by atoms with E-state index in [0.29, 0.717) is 16.1 Å². The third-order valence-electron chi connectivity index (χ3n) is 4.28. The molecule has 2 aromatic heterocycles. The highest BCUT2D eigenvalue weighted by molar-refractivity contribution is 6.30. The van der Waals surface area contributed by atoms with Gasteiger partial charge in [0, 0.05) is 5.02 Å². The quantitative estimate of drug-likeness (QED) is 0.564. The molecule has 0 fully saturated rings. The van der Waals surface area contributed by atoms with Gasteiger partial charge in [-0.3, -0.25) is 9.36 Å². The molecule has 2 heterocycles. The molecular formula is C19H15ClN4O. The van der Waals surface area contributed by atoms with Gasteiger partial charge in [-0.2, -0.15) is 5.10 Å². The third-order valence-corrected chi connectivity index (χ3v) is 4.54. The second-order valence-corrected chi connectivity index (χ2v) is 6.25. The van der Waals surface area contributed by atoms with Crippen molar-refractivity contribution in [3.8, 4) is 5.69 Å². The first kappa shape index (κ1) is 15.6. The number of benzene rings is 2. The average molecular weight is 351 g/mol. The first-order chi connectivity index (χ1) is 12.1. The smallest absolute Gasteiger partial charge is 0.265 e. The Morgan fingerprint density at radius 1 is 1.04 bits per heavy atom. The molecule has 0 saturated carbocycles. The van der Waals surface area contributed by atoms with Crippen LogP contribution in [0.1, 0.15) is 18.5 Å². The number of hydrogen-bond acceptors (Lipinski definition) is 3. The highest BCUT2D eigenvalue weighted by Gasteiger charge is 2.15. The van der Waals surface area contributed by atoms with Gasteiger partial charge in [0.2, 0.25) is 0 Å². The number of rotatable bonds is 3. The fourth-order valence-corrected chi connectivity index (χ4v) is 2.99. The van der Waals surface area contributed by atoms with E-state index in [4.69, 9.17) is 11.6 Å². The van der Waals surface area contributed by atoms with Crippen LogP contribution < -0.4 is 5.56 Å². The minimum absolute atomic E-state index is 0.107. The number of nitrogens with zero attached hydrogens (tertiary/aromatic N) is 4. The van der Waals surface area contributed by atoms with E-state index >= 15 is 0 Å². The van der Waals surface area contributed by atoms with Gasteiger partial charge in [-0.05, 0) is 36.8 Å². The Morgan fingerprint density at radius 2 is 1.76 bits per heavy atom. The van der Waals surface area contributed by atoms with Crippen LogP contribution in [-0.4, -0.2) is 19.3 Å². The average Bonchev–Trinajstić information content (AvgIpc) is 3.08. The zero-order valence-corrected chi connectivity index (χ0v) is 14.3. The molecule has 0 spiro atoms. The van der Waals surface area contributed by atoms with E-state index in [2.05, 4.69) is 10.1 Å². The summed E-state index contributed by atoms with van der Waals surface area (Å²) in [7, 11) is 0. The second-order valence-electron chi connectivity index (χ2n) is 5.81. The van der Waals surface area contributed by atoms with Gasteiger partial charge in [-0.25, -0.2) is 9.67 Å². The summed E-state index contributed by atoms with van der Waals surface area (Å²) in [6, 6.07) is 17.0. The van der Waals surface area contributed by atoms with Crippen molar-refractivity contribution in [2.75, 3.05) is 0 Å². The van der Waals surface area contributed by atoms with Crippen LogP contribution in [0.25, 0.3) is 16.7 Å². The van der Waals surface area contributed by atoms with Crippen molar-refractivity contribution in [2.45, 2.75) is 13.0 Å². The van der Waals surface area contributed by atoms with Crippen LogP contribution in [0.4, 0.5) is 0 Å². The summed E-state index contributed by atoms with van der Waals surface area (Å²) in [6.45, 7) is 1.98. The Labute approximate surface area is 149 Å². The van der Waals surface area contributed by atoms with Crippen LogP contribution in [0.2, 0.25) is 5.02 Å². The summed E-state index contributed by atoms with van der Waals surface area (Å²) in [5.41, 5.74) is 2.28. The Hall–Kier alpha value is -2.92. The molecule has 1 atom stereocenters. The predicted octanol–water partition coefficient (Wildman–Crippen LogP) is 3.84. The molecule has 0 aliphatic heterocycles. The third kappa shape index (κ3) is 2.72. The zero-order chi connectivity index (χ0) is 17.4. The molecule has 0 radical (unpaired) electrons. The summed E-state index contributed by atoms with van der Waals surface area (Å²) < 4.78 is 3.27. The molecule has 4 aromatic rings. The van der Waals surface area contributed by atoms with Gasteiger partial charge in [0.05, 0.1) is 17.9 Å². The molecular weight excluding hydrogens is 336 g/mol. The molecule has 5 nitrogen and oxygen atoms in total. The summed E-state index contributed by atoms with van der Waals surface area (Å²) >= 11 is 5.93. The first-order valence-electron chi connectivity index (χ1n) is 7.91. The molecule has 0 amide bonds. The maximum absolute atomic E-state index is 12.9. The van der Waals surface area contributed by atoms with E-state index in [0.717, 1.165) is 11.3 Å². The highest BCUT2D eigenvalue weighted by atomic mass is 35.5. The molecule has 0 aliphatic rings. The summed E-state index contributed by atoms with van der Waals surface area (Å²) in [5, 5.41) is 5.46. The summed E-state index contributed by atoms with van der Waals surface area (Å²) in [5.74, 6) is 0. The van der Waals surface area contributed by atoms with Crippen molar-refractivity contribution in [2.24, 2.45) is 0 Å². The van der Waals surface area contributed by atoms with E-state index in [9.17, 15) is 4.79 Å². The fraction of sp³-hybridized carbons (Fsp3) is 0.105. The molecule has 124 valence electrons. The molecule has 25 heavy (non-hydrogen) atoms. The normalized spacial score (nSPS) is 12.4. The largest absolute Gasteiger partial charge is 0.291 e. The van der Waals surface area contributed by atoms with Crippen molar-refractivity contribution in [3.63, 3.8) is 0 Å². The van der Waals surface area contributed by atoms with Gasteiger partial charge >= 0.3 is 0 Å². The van der Waals surface area contributed by atoms with Crippen LogP contribution in [0.5, 0.6) is 0 Å². The number of aromatic nitrogens is 4. The molecule has 6 heteroatoms. The van der Waals surface area contributed by atoms with Crippen molar-refractivity contribution in [1.82, 2.24) is 19.3 Å². The van der Waals surface area contributed by atoms with E-state index in [1.54, 1.807) is 33.9 Å². The summed E-state index contributed by atoms with van der Waals surface area (Å²) in [4.78, 5) is 17.4. The minimum atomic E-state index is -0.110. The maximum atomic E-state index is 12.9. The van der Waals surface area contributed by atoms with Crippen LogP contribution in [0, 0.1) is 0 Å². The maximum Gasteiger partial charge on any atom is 0.265 e. The van der Waals surface area contributed by atoms with Crippen molar-refractivity contribution < 1.29 is 0 Å². The number of halogens is 1. The van der Waals surface area contributed by atoms with Gasteiger partial charge in [-0.1, -0.05) is 41.9 Å². The van der Waals surface area contributed by atoms with Crippen molar-refractivity contribution in [3.05, 3.63) is 88.1 Å². The van der Waals surface area contributed by atoms with Gasteiger partial charge < -0.3 is 0 Å². The van der Waals surface area contributed by atoms with Crippen molar-refractivity contribution >= 4 is 22.6 Å². The zero-order valence-electron chi connectivity index (χ0n) is 13.5. The van der Waals surface area contributed by atoms with Crippen LogP contribution >= 0.6 is 11.6 Å². The molecule has 2 aromatic carbocycles. The lowest BCUT2D eigenvalue weighted by molar-refractivity contribution is 0.608. The molecule has 0 saturated heterocycles. The molecule has 0 aliphatic carbocycles. The molecule has 0 N–H and O–H groups in total. The highest BCUT2D eigenvalue weighted by Crippen LogP contribution is 2.19. The van der Waals surface area contributed by atoms with E-state index < -0.39 is 0 Å². The standard InChI is InChI=1S/C19H15ClN4O/c1-13(14-5-3-2-4-6-14)23-12-21-18-17(19(23)25)11-22-24(18)16-9-7-15(20)8-10-16/h2-13H,1H3/t13-/m0/s1. The van der Waals surface area contributed by atoms with Gasteiger partial charge in [0.25, 0.3) is 5.56 Å². The first-order valence-corrected chi connectivity index (χ1v) is 8.29. The monoisotopic (exact) mass is 350 g/mol. The summed E-state index contributed by atoms with van der Waals surface area (Å²) in [6.07, 6.45) is 3.14. The Bertz CT molecular complexity index is 1080. The molecule has 0 bridgehead atoms. The fourth-order valence-electron chi connectivity index (χ4n) is 2.86. The van der Waals surface area contributed by atoms with E-state index in [1.807, 2.05) is 49.4 Å². The Morgan fingerprint density at radius 3 is 2.48 bits per heavy atom. The Balaban J connectivity index is 1.82. The van der Waals surface area contributed by atoms with Gasteiger partial charge in [0.1, 0.15) is 11.7 Å². The van der Waals surface area contributed by atoms with E-state index in [1.165, 1.54) is 0 Å². The minimum Gasteiger partial charge on any atom is -0.291 e. The SMILES string of the molecule is C[C@@H](c1ccccc1)n1cnc2c(cnn2-c2ccc(Cl)cc2)c1=O. The Kier molecular flexibility index (Phi) is 3.86. The van der Waals surface area contributed by atoms with Crippen molar-refractivity contribution in [1.29, 1.82) is 0 Å². The second kappa shape index (κ2) is 6.18. The van der Waals surface area contributed by atoms with Gasteiger partial charge in [0.15, 0.2) is 5.65 Å². The molecule has 0 unspecified atom stereocenters. The van der Waals surface area contributed by atoms with Crippen LogP contribution in [0.15, 0.2) is 71.9 Å². The topological polar surface area (TPSA) is 52.7 Å². The lowest BCUT2D eigenvalue weighted by Crippen LogP contribution is -2.24.